The standard InChI is InChI=1S/C23H26N2O3/c1-15-3-9-18(10-4-15)25-21(26)14-13-20(23(27)24-17-7-8-17)22(25)16-5-11-19(28-2)12-6-16/h3-6,9-12,17,20,22H,7-8,13-14H2,1-2H3,(H,24,27)/t20-,22-/m1/s1. The molecule has 0 unspecified atom stereocenters. The Kier molecular flexibility index (Phi) is 5.07. The van der Waals surface area contributed by atoms with E-state index in [1.807, 2.05) is 60.4 Å². The number of aryl methyl sites for hydroxylation is 1. The van der Waals surface area contributed by atoms with Crippen molar-refractivity contribution in [2.45, 2.75) is 44.7 Å². The topological polar surface area (TPSA) is 58.6 Å². The third-order valence-electron chi connectivity index (χ3n) is 5.63. The zero-order valence-corrected chi connectivity index (χ0v) is 16.4. The molecule has 2 fully saturated rings. The van der Waals surface area contributed by atoms with Crippen LogP contribution in [-0.4, -0.2) is 25.0 Å². The first-order valence-electron chi connectivity index (χ1n) is 9.90. The maximum absolute atomic E-state index is 13.0. The van der Waals surface area contributed by atoms with Crippen LogP contribution in [0.1, 0.15) is 42.9 Å². The lowest BCUT2D eigenvalue weighted by molar-refractivity contribution is -0.129. The van der Waals surface area contributed by atoms with Crippen LogP contribution >= 0.6 is 0 Å². The Morgan fingerprint density at radius 2 is 1.71 bits per heavy atom. The monoisotopic (exact) mass is 378 g/mol. The first kappa shape index (κ1) is 18.5. The molecule has 1 aliphatic heterocycles. The van der Waals surface area contributed by atoms with Gasteiger partial charge in [0.25, 0.3) is 0 Å². The van der Waals surface area contributed by atoms with Crippen molar-refractivity contribution < 1.29 is 14.3 Å². The van der Waals surface area contributed by atoms with Crippen LogP contribution in [0.5, 0.6) is 5.75 Å². The molecule has 5 heteroatoms. The lowest BCUT2D eigenvalue weighted by Crippen LogP contribution is -2.48. The summed E-state index contributed by atoms with van der Waals surface area (Å²) in [6.45, 7) is 2.02. The minimum Gasteiger partial charge on any atom is -0.497 e. The number of anilines is 1. The highest BCUT2D eigenvalue weighted by molar-refractivity contribution is 5.97. The van der Waals surface area contributed by atoms with Crippen molar-refractivity contribution in [2.75, 3.05) is 12.0 Å². The smallest absolute Gasteiger partial charge is 0.227 e. The number of methoxy groups -OCH3 is 1. The Labute approximate surface area is 165 Å². The maximum Gasteiger partial charge on any atom is 0.227 e. The van der Waals surface area contributed by atoms with Gasteiger partial charge in [0, 0.05) is 18.2 Å². The van der Waals surface area contributed by atoms with Gasteiger partial charge in [0.2, 0.25) is 11.8 Å². The summed E-state index contributed by atoms with van der Waals surface area (Å²) in [7, 11) is 1.63. The van der Waals surface area contributed by atoms with E-state index in [4.69, 9.17) is 4.74 Å². The highest BCUT2D eigenvalue weighted by atomic mass is 16.5. The molecule has 0 bridgehead atoms. The van der Waals surface area contributed by atoms with Crippen LogP contribution < -0.4 is 15.0 Å². The Morgan fingerprint density at radius 3 is 2.32 bits per heavy atom. The third-order valence-corrected chi connectivity index (χ3v) is 5.63. The fraction of sp³-hybridized carbons (Fsp3) is 0.391. The summed E-state index contributed by atoms with van der Waals surface area (Å²) in [6.07, 6.45) is 3.04. The van der Waals surface area contributed by atoms with Crippen LogP contribution in [0.2, 0.25) is 0 Å². The summed E-state index contributed by atoms with van der Waals surface area (Å²) >= 11 is 0. The second-order valence-electron chi connectivity index (χ2n) is 7.75. The van der Waals surface area contributed by atoms with Gasteiger partial charge in [0.15, 0.2) is 0 Å². The van der Waals surface area contributed by atoms with Crippen LogP contribution in [0.15, 0.2) is 48.5 Å². The number of nitrogens with one attached hydrogen (secondary N) is 1. The Morgan fingerprint density at radius 1 is 1.04 bits per heavy atom. The number of ether oxygens (including phenoxy) is 1. The van der Waals surface area contributed by atoms with E-state index in [2.05, 4.69) is 5.32 Å². The molecule has 4 rings (SSSR count). The highest BCUT2D eigenvalue weighted by Gasteiger charge is 2.42. The molecule has 1 saturated carbocycles. The molecule has 2 atom stereocenters. The van der Waals surface area contributed by atoms with Gasteiger partial charge >= 0.3 is 0 Å². The largest absolute Gasteiger partial charge is 0.497 e. The number of hydrogen-bond donors (Lipinski definition) is 1. The number of benzene rings is 2. The quantitative estimate of drug-likeness (QED) is 0.862. The molecule has 146 valence electrons. The fourth-order valence-corrected chi connectivity index (χ4v) is 3.90. The van der Waals surface area contributed by atoms with Crippen molar-refractivity contribution in [3.05, 3.63) is 59.7 Å². The molecule has 28 heavy (non-hydrogen) atoms. The van der Waals surface area contributed by atoms with Crippen molar-refractivity contribution in [2.24, 2.45) is 5.92 Å². The van der Waals surface area contributed by atoms with Gasteiger partial charge < -0.3 is 15.0 Å². The number of piperidine rings is 1. The van der Waals surface area contributed by atoms with Crippen LogP contribution in [0.4, 0.5) is 5.69 Å². The number of nitrogens with zero attached hydrogens (tertiary/aromatic N) is 1. The second-order valence-corrected chi connectivity index (χ2v) is 7.75. The molecular weight excluding hydrogens is 352 g/mol. The molecule has 0 radical (unpaired) electrons. The van der Waals surface area contributed by atoms with Crippen molar-refractivity contribution in [3.8, 4) is 5.75 Å². The van der Waals surface area contributed by atoms with Crippen molar-refractivity contribution in [1.82, 2.24) is 5.32 Å². The van der Waals surface area contributed by atoms with E-state index in [0.29, 0.717) is 18.9 Å². The molecule has 1 saturated heterocycles. The lowest BCUT2D eigenvalue weighted by Gasteiger charge is -2.41. The molecule has 5 nitrogen and oxygen atoms in total. The van der Waals surface area contributed by atoms with E-state index in [1.54, 1.807) is 7.11 Å². The highest BCUT2D eigenvalue weighted by Crippen LogP contribution is 2.41. The zero-order chi connectivity index (χ0) is 19.7. The van der Waals surface area contributed by atoms with Crippen LogP contribution in [0.3, 0.4) is 0 Å². The maximum atomic E-state index is 13.0. The first-order chi connectivity index (χ1) is 13.6. The van der Waals surface area contributed by atoms with E-state index < -0.39 is 0 Å². The van der Waals surface area contributed by atoms with Crippen LogP contribution in [-0.2, 0) is 9.59 Å². The Bertz CT molecular complexity index is 856. The first-order valence-corrected chi connectivity index (χ1v) is 9.90. The molecule has 2 aromatic rings. The summed E-state index contributed by atoms with van der Waals surface area (Å²) in [5.74, 6) is 0.591. The second kappa shape index (κ2) is 7.66. The molecule has 1 heterocycles. The predicted octanol–water partition coefficient (Wildman–Crippen LogP) is 3.77. The average molecular weight is 378 g/mol. The summed E-state index contributed by atoms with van der Waals surface area (Å²) in [6, 6.07) is 15.6. The van der Waals surface area contributed by atoms with E-state index >= 15 is 0 Å². The number of carbonyl (C=O) groups excluding carboxylic acids is 2. The van der Waals surface area contributed by atoms with Crippen molar-refractivity contribution in [3.63, 3.8) is 0 Å². The molecule has 1 N–H and O–H groups in total. The van der Waals surface area contributed by atoms with Crippen molar-refractivity contribution >= 4 is 17.5 Å². The van der Waals surface area contributed by atoms with Gasteiger partial charge in [-0.1, -0.05) is 29.8 Å². The van der Waals surface area contributed by atoms with E-state index in [-0.39, 0.29) is 23.8 Å². The summed E-state index contributed by atoms with van der Waals surface area (Å²) in [5.41, 5.74) is 2.92. The average Bonchev–Trinajstić information content (AvgIpc) is 3.52. The number of carbonyl (C=O) groups is 2. The summed E-state index contributed by atoms with van der Waals surface area (Å²) in [5, 5.41) is 3.14. The number of hydrogen-bond acceptors (Lipinski definition) is 3. The van der Waals surface area contributed by atoms with Gasteiger partial charge in [-0.05, 0) is 56.0 Å². The van der Waals surface area contributed by atoms with E-state index in [0.717, 1.165) is 35.4 Å². The minimum atomic E-state index is -0.325. The van der Waals surface area contributed by atoms with Crippen LogP contribution in [0.25, 0.3) is 0 Å². The molecule has 2 aliphatic rings. The van der Waals surface area contributed by atoms with E-state index in [9.17, 15) is 9.59 Å². The zero-order valence-electron chi connectivity index (χ0n) is 16.4. The predicted molar refractivity (Wildman–Crippen MR) is 108 cm³/mol. The molecule has 1 aliphatic carbocycles. The normalized spacial score (nSPS) is 22.1. The van der Waals surface area contributed by atoms with Gasteiger partial charge in [-0.15, -0.1) is 0 Å². The van der Waals surface area contributed by atoms with E-state index in [1.165, 1.54) is 0 Å². The fourth-order valence-electron chi connectivity index (χ4n) is 3.90. The van der Waals surface area contributed by atoms with Gasteiger partial charge in [-0.25, -0.2) is 0 Å². The molecule has 2 amide bonds. The van der Waals surface area contributed by atoms with Crippen LogP contribution in [0, 0.1) is 12.8 Å². The summed E-state index contributed by atoms with van der Waals surface area (Å²) in [4.78, 5) is 27.8. The Hall–Kier alpha value is -2.82. The minimum absolute atomic E-state index is 0.0490. The van der Waals surface area contributed by atoms with Crippen molar-refractivity contribution in [1.29, 1.82) is 0 Å². The Balaban J connectivity index is 1.74. The van der Waals surface area contributed by atoms with Gasteiger partial charge in [0.05, 0.1) is 19.1 Å². The SMILES string of the molecule is COc1ccc([C@@H]2[C@H](C(=O)NC3CC3)CCC(=O)N2c2ccc(C)cc2)cc1. The third kappa shape index (κ3) is 3.75. The molecule has 0 spiro atoms. The molecule has 2 aromatic carbocycles. The number of amides is 2. The van der Waals surface area contributed by atoms with Gasteiger partial charge in [-0.3, -0.25) is 9.59 Å². The van der Waals surface area contributed by atoms with Gasteiger partial charge in [-0.2, -0.15) is 0 Å². The molecular formula is C23H26N2O3. The lowest BCUT2D eigenvalue weighted by atomic mass is 9.83. The van der Waals surface area contributed by atoms with Gasteiger partial charge in [0.1, 0.15) is 5.75 Å². The number of rotatable bonds is 5. The summed E-state index contributed by atoms with van der Waals surface area (Å²) < 4.78 is 5.28. The molecule has 0 aromatic heterocycles.